The Labute approximate surface area is 73.9 Å². The summed E-state index contributed by atoms with van der Waals surface area (Å²) < 4.78 is -1.30. The summed E-state index contributed by atoms with van der Waals surface area (Å²) in [7, 11) is 0. The van der Waals surface area contributed by atoms with Gasteiger partial charge in [-0.3, -0.25) is 0 Å². The molecule has 5 heteroatoms. The van der Waals surface area contributed by atoms with Crippen molar-refractivity contribution in [2.24, 2.45) is 0 Å². The predicted molar refractivity (Wildman–Crippen MR) is 45.8 cm³/mol. The minimum atomic E-state index is -1.30. The molecule has 12 heavy (non-hydrogen) atoms. The number of quaternary nitrogens is 1. The van der Waals surface area contributed by atoms with Gasteiger partial charge in [0, 0.05) is 5.69 Å². The number of hydroxylamine groups is 2. The van der Waals surface area contributed by atoms with Crippen molar-refractivity contribution in [3.05, 3.63) is 29.0 Å². The molecule has 4 nitrogen and oxygen atoms in total. The van der Waals surface area contributed by atoms with Crippen molar-refractivity contribution >= 4 is 17.6 Å². The topological polar surface area (TPSA) is 69.3 Å². The summed E-state index contributed by atoms with van der Waals surface area (Å²) in [5.41, 5.74) is 6.94. The SMILES string of the molecule is Nc1cccc2c1C[N+]([O-])(O)S2. The molecule has 0 saturated carbocycles. The predicted octanol–water partition coefficient (Wildman–Crippen LogP) is 1.49. The number of hydrogen-bond donors (Lipinski definition) is 2. The Kier molecular flexibility index (Phi) is 1.55. The van der Waals surface area contributed by atoms with Gasteiger partial charge < -0.3 is 10.9 Å². The Morgan fingerprint density at radius 3 is 3.00 bits per heavy atom. The van der Waals surface area contributed by atoms with Crippen molar-refractivity contribution in [1.82, 2.24) is 0 Å². The molecule has 1 aliphatic rings. The van der Waals surface area contributed by atoms with Gasteiger partial charge in [-0.2, -0.15) is 0 Å². The molecule has 0 fully saturated rings. The smallest absolute Gasteiger partial charge is 0.149 e. The van der Waals surface area contributed by atoms with Gasteiger partial charge in [-0.25, -0.2) is 5.21 Å². The Morgan fingerprint density at radius 2 is 2.33 bits per heavy atom. The molecular formula is C7H8N2O2S. The molecule has 0 aromatic heterocycles. The zero-order chi connectivity index (χ0) is 8.77. The highest BCUT2D eigenvalue weighted by Gasteiger charge is 2.31. The number of benzene rings is 1. The molecule has 1 unspecified atom stereocenters. The van der Waals surface area contributed by atoms with Crippen molar-refractivity contribution in [2.75, 3.05) is 5.73 Å². The van der Waals surface area contributed by atoms with Crippen LogP contribution in [0.1, 0.15) is 5.56 Å². The molecule has 2 rings (SSSR count). The number of rotatable bonds is 0. The van der Waals surface area contributed by atoms with Crippen LogP contribution in [0.25, 0.3) is 0 Å². The average molecular weight is 184 g/mol. The van der Waals surface area contributed by atoms with Crippen LogP contribution in [0.5, 0.6) is 0 Å². The summed E-state index contributed by atoms with van der Waals surface area (Å²) in [5, 5.41) is 20.2. The largest absolute Gasteiger partial charge is 0.586 e. The van der Waals surface area contributed by atoms with E-state index in [1.54, 1.807) is 18.2 Å². The Morgan fingerprint density at radius 1 is 1.58 bits per heavy atom. The Hall–Kier alpha value is -0.750. The third kappa shape index (κ3) is 1.16. The highest BCUT2D eigenvalue weighted by atomic mass is 32.2. The van der Waals surface area contributed by atoms with Gasteiger partial charge in [-0.15, -0.1) is 4.21 Å². The average Bonchev–Trinajstić information content (AvgIpc) is 2.25. The van der Waals surface area contributed by atoms with Gasteiger partial charge in [0.25, 0.3) is 0 Å². The van der Waals surface area contributed by atoms with E-state index in [0.717, 1.165) is 22.4 Å². The summed E-state index contributed by atoms with van der Waals surface area (Å²) in [6.45, 7) is 0.0344. The maximum atomic E-state index is 11.1. The Balaban J connectivity index is 2.48. The first-order valence-electron chi connectivity index (χ1n) is 3.47. The van der Waals surface area contributed by atoms with E-state index in [9.17, 15) is 5.21 Å². The van der Waals surface area contributed by atoms with Gasteiger partial charge in [-0.1, -0.05) is 6.07 Å². The normalized spacial score (nSPS) is 27.2. The Bertz CT molecular complexity index is 327. The van der Waals surface area contributed by atoms with Crippen LogP contribution < -0.4 is 5.73 Å². The van der Waals surface area contributed by atoms with Crippen LogP contribution in [0.3, 0.4) is 0 Å². The molecule has 1 atom stereocenters. The van der Waals surface area contributed by atoms with Crippen molar-refractivity contribution in [2.45, 2.75) is 11.4 Å². The summed E-state index contributed by atoms with van der Waals surface area (Å²) in [6, 6.07) is 5.28. The fourth-order valence-electron chi connectivity index (χ4n) is 1.22. The second-order valence-electron chi connectivity index (χ2n) is 2.71. The molecule has 1 heterocycles. The van der Waals surface area contributed by atoms with Crippen LogP contribution in [-0.4, -0.2) is 9.42 Å². The molecular weight excluding hydrogens is 176 g/mol. The minimum absolute atomic E-state index is 0.0344. The van der Waals surface area contributed by atoms with Crippen molar-refractivity contribution in [3.63, 3.8) is 0 Å². The first-order chi connectivity index (χ1) is 5.58. The number of hydrogen-bond acceptors (Lipinski definition) is 4. The second-order valence-corrected chi connectivity index (χ2v) is 3.90. The van der Waals surface area contributed by atoms with E-state index in [2.05, 4.69) is 0 Å². The number of nitrogen functional groups attached to an aromatic ring is 1. The number of nitrogens with two attached hydrogens (primary N) is 1. The molecule has 1 aliphatic heterocycles. The molecule has 1 aromatic carbocycles. The number of nitrogens with zero attached hydrogens (tertiary/aromatic N) is 1. The first-order valence-corrected chi connectivity index (χ1v) is 4.25. The second kappa shape index (κ2) is 2.37. The van der Waals surface area contributed by atoms with Gasteiger partial charge in [-0.05, 0) is 12.1 Å². The van der Waals surface area contributed by atoms with E-state index in [-0.39, 0.29) is 6.54 Å². The van der Waals surface area contributed by atoms with Gasteiger partial charge in [0.05, 0.1) is 10.5 Å². The highest BCUT2D eigenvalue weighted by Crippen LogP contribution is 2.42. The van der Waals surface area contributed by atoms with E-state index < -0.39 is 4.21 Å². The van der Waals surface area contributed by atoms with Crippen molar-refractivity contribution in [3.8, 4) is 0 Å². The molecule has 0 spiro atoms. The lowest BCUT2D eigenvalue weighted by Crippen LogP contribution is -2.24. The van der Waals surface area contributed by atoms with Crippen LogP contribution in [-0.2, 0) is 6.54 Å². The van der Waals surface area contributed by atoms with E-state index >= 15 is 0 Å². The highest BCUT2D eigenvalue weighted by molar-refractivity contribution is 7.94. The lowest BCUT2D eigenvalue weighted by atomic mass is 10.2. The third-order valence-corrected chi connectivity index (χ3v) is 2.76. The molecule has 3 N–H and O–H groups in total. The fraction of sp³-hybridized carbons (Fsp3) is 0.143. The fourth-order valence-corrected chi connectivity index (χ4v) is 2.16. The van der Waals surface area contributed by atoms with Crippen LogP contribution in [0.2, 0.25) is 0 Å². The molecule has 0 bridgehead atoms. The molecule has 64 valence electrons. The summed E-state index contributed by atoms with van der Waals surface area (Å²) in [5.74, 6) is 0. The van der Waals surface area contributed by atoms with E-state index in [1.165, 1.54) is 0 Å². The maximum absolute atomic E-state index is 11.1. The van der Waals surface area contributed by atoms with Gasteiger partial charge in [0.2, 0.25) is 0 Å². The zero-order valence-electron chi connectivity index (χ0n) is 6.23. The quantitative estimate of drug-likeness (QED) is 0.277. The minimum Gasteiger partial charge on any atom is -0.586 e. The molecule has 0 aliphatic carbocycles. The van der Waals surface area contributed by atoms with Crippen molar-refractivity contribution < 1.29 is 9.42 Å². The third-order valence-electron chi connectivity index (χ3n) is 1.77. The monoisotopic (exact) mass is 184 g/mol. The standard InChI is InChI=1S/C7H8N2O2S/c8-6-2-1-3-7-5(6)4-9(10,11)12-7/h1-3,10H,4,8H2. The molecule has 0 amide bonds. The zero-order valence-corrected chi connectivity index (χ0v) is 7.04. The van der Waals surface area contributed by atoms with E-state index in [4.69, 9.17) is 10.9 Å². The molecule has 0 radical (unpaired) electrons. The van der Waals surface area contributed by atoms with Gasteiger partial charge in [0.1, 0.15) is 18.5 Å². The lowest BCUT2D eigenvalue weighted by molar-refractivity contribution is -0.959. The first kappa shape index (κ1) is 7.88. The van der Waals surface area contributed by atoms with Crippen LogP contribution in [0.15, 0.2) is 23.1 Å². The van der Waals surface area contributed by atoms with Crippen LogP contribution in [0.4, 0.5) is 5.69 Å². The summed E-state index contributed by atoms with van der Waals surface area (Å²) in [4.78, 5) is 0.771. The van der Waals surface area contributed by atoms with Crippen LogP contribution in [0, 0.1) is 5.21 Å². The number of fused-ring (bicyclic) bond motifs is 1. The number of anilines is 1. The summed E-state index contributed by atoms with van der Waals surface area (Å²) >= 11 is 0.865. The van der Waals surface area contributed by atoms with Crippen molar-refractivity contribution in [1.29, 1.82) is 0 Å². The lowest BCUT2D eigenvalue weighted by Gasteiger charge is -2.23. The van der Waals surface area contributed by atoms with Gasteiger partial charge >= 0.3 is 0 Å². The summed E-state index contributed by atoms with van der Waals surface area (Å²) in [6.07, 6.45) is 0. The van der Waals surface area contributed by atoms with E-state index in [1.807, 2.05) is 0 Å². The molecule has 0 saturated heterocycles. The molecule has 1 aromatic rings. The van der Waals surface area contributed by atoms with E-state index in [0.29, 0.717) is 5.69 Å². The maximum Gasteiger partial charge on any atom is 0.149 e. The van der Waals surface area contributed by atoms with Gasteiger partial charge in [0.15, 0.2) is 0 Å². The van der Waals surface area contributed by atoms with Crippen LogP contribution >= 0.6 is 11.9 Å².